The molecule has 0 spiro atoms. The highest BCUT2D eigenvalue weighted by molar-refractivity contribution is 7.12. The lowest BCUT2D eigenvalue weighted by Gasteiger charge is -2.01. The molecule has 0 amide bonds. The minimum atomic E-state index is -0.101. The summed E-state index contributed by atoms with van der Waals surface area (Å²) in [5, 5.41) is 13.2. The Labute approximate surface area is 117 Å². The molecule has 0 atom stereocenters. The highest BCUT2D eigenvalue weighted by Gasteiger charge is 2.08. The molecule has 2 aromatic rings. The van der Waals surface area contributed by atoms with Crippen LogP contribution in [0.1, 0.15) is 35.3 Å². The van der Waals surface area contributed by atoms with Crippen molar-refractivity contribution in [1.82, 2.24) is 14.8 Å². The summed E-state index contributed by atoms with van der Waals surface area (Å²) in [5.74, 6) is 7.50. The van der Waals surface area contributed by atoms with Gasteiger partial charge in [-0.15, -0.1) is 11.3 Å². The van der Waals surface area contributed by atoms with Gasteiger partial charge >= 0.3 is 0 Å². The summed E-state index contributed by atoms with van der Waals surface area (Å²) in [4.78, 5) is 6.66. The molecular weight excluding hydrogens is 258 g/mol. The van der Waals surface area contributed by atoms with E-state index < -0.39 is 0 Å². The molecule has 0 radical (unpaired) electrons. The topological polar surface area (TPSA) is 50.9 Å². The van der Waals surface area contributed by atoms with E-state index in [0.29, 0.717) is 0 Å². The first-order valence-electron chi connectivity index (χ1n) is 6.37. The van der Waals surface area contributed by atoms with E-state index in [-0.39, 0.29) is 6.61 Å². The largest absolute Gasteiger partial charge is 0.384 e. The summed E-state index contributed by atoms with van der Waals surface area (Å²) in [6.07, 6.45) is 1.74. The molecule has 1 N–H and O–H groups in total. The summed E-state index contributed by atoms with van der Waals surface area (Å²) in [6, 6.07) is 4.03. The van der Waals surface area contributed by atoms with E-state index in [4.69, 9.17) is 5.11 Å². The first kappa shape index (κ1) is 13.8. The van der Waals surface area contributed by atoms with Gasteiger partial charge in [0.1, 0.15) is 12.4 Å². The molecule has 0 fully saturated rings. The number of aromatic nitrogens is 3. The number of aryl methyl sites for hydroxylation is 2. The van der Waals surface area contributed by atoms with Crippen molar-refractivity contribution >= 4 is 11.3 Å². The van der Waals surface area contributed by atoms with Crippen LogP contribution in [0.15, 0.2) is 12.1 Å². The second-order valence-corrected chi connectivity index (χ2v) is 5.20. The van der Waals surface area contributed by atoms with Crippen molar-refractivity contribution < 1.29 is 5.11 Å². The molecule has 2 aromatic heterocycles. The zero-order valence-corrected chi connectivity index (χ0v) is 12.0. The van der Waals surface area contributed by atoms with Crippen molar-refractivity contribution in [1.29, 1.82) is 0 Å². The molecule has 2 heterocycles. The Morgan fingerprint density at radius 2 is 2.16 bits per heavy atom. The van der Waals surface area contributed by atoms with Crippen LogP contribution in [0.3, 0.4) is 0 Å². The molecule has 0 unspecified atom stereocenters. The molecule has 0 aliphatic carbocycles. The maximum atomic E-state index is 8.68. The molecule has 2 rings (SSSR count). The molecule has 100 valence electrons. The Morgan fingerprint density at radius 1 is 1.32 bits per heavy atom. The van der Waals surface area contributed by atoms with Crippen molar-refractivity contribution in [3.05, 3.63) is 33.5 Å². The van der Waals surface area contributed by atoms with Crippen LogP contribution in [-0.2, 0) is 19.4 Å². The Bertz CT molecular complexity index is 604. The standard InChI is InChI=1S/C14H17N3OS/c1-3-13-15-14(4-2)17(16-13)10-12-8-7-11(19-12)6-5-9-18/h7-8,18H,3-4,9-10H2,1-2H3. The zero-order chi connectivity index (χ0) is 13.7. The van der Waals surface area contributed by atoms with Gasteiger partial charge in [-0.25, -0.2) is 9.67 Å². The molecule has 4 nitrogen and oxygen atoms in total. The number of thiophene rings is 1. The number of nitrogens with zero attached hydrogens (tertiary/aromatic N) is 3. The average Bonchev–Trinajstić information content (AvgIpc) is 3.03. The maximum absolute atomic E-state index is 8.68. The summed E-state index contributed by atoms with van der Waals surface area (Å²) in [5.41, 5.74) is 0. The fourth-order valence-electron chi connectivity index (χ4n) is 1.77. The van der Waals surface area contributed by atoms with E-state index in [1.165, 1.54) is 4.88 Å². The van der Waals surface area contributed by atoms with Gasteiger partial charge in [0.15, 0.2) is 5.82 Å². The zero-order valence-electron chi connectivity index (χ0n) is 11.2. The highest BCUT2D eigenvalue weighted by Crippen LogP contribution is 2.17. The highest BCUT2D eigenvalue weighted by atomic mass is 32.1. The van der Waals surface area contributed by atoms with E-state index in [1.807, 2.05) is 10.7 Å². The second kappa shape index (κ2) is 6.50. The number of rotatable bonds is 4. The molecule has 0 aromatic carbocycles. The SMILES string of the molecule is CCc1nc(CC)n(Cc2ccc(C#CCO)s2)n1. The third kappa shape index (κ3) is 3.43. The maximum Gasteiger partial charge on any atom is 0.150 e. The van der Waals surface area contributed by atoms with Gasteiger partial charge < -0.3 is 5.11 Å². The van der Waals surface area contributed by atoms with Gasteiger partial charge in [0, 0.05) is 17.7 Å². The van der Waals surface area contributed by atoms with E-state index in [2.05, 4.69) is 41.8 Å². The first-order valence-corrected chi connectivity index (χ1v) is 7.19. The third-order valence-corrected chi connectivity index (χ3v) is 3.67. The summed E-state index contributed by atoms with van der Waals surface area (Å²) < 4.78 is 1.97. The van der Waals surface area contributed by atoms with Crippen molar-refractivity contribution in [3.8, 4) is 11.8 Å². The lowest BCUT2D eigenvalue weighted by molar-refractivity contribution is 0.350. The van der Waals surface area contributed by atoms with E-state index in [0.717, 1.165) is 35.9 Å². The number of aliphatic hydroxyl groups is 1. The summed E-state index contributed by atoms with van der Waals surface area (Å²) in [6.45, 7) is 4.79. The molecule has 0 saturated heterocycles. The predicted octanol–water partition coefficient (Wildman–Crippen LogP) is 1.86. The van der Waals surface area contributed by atoms with Crippen LogP contribution >= 0.6 is 11.3 Å². The Morgan fingerprint density at radius 3 is 2.84 bits per heavy atom. The molecule has 5 heteroatoms. The van der Waals surface area contributed by atoms with Crippen LogP contribution in [0, 0.1) is 11.8 Å². The average molecular weight is 275 g/mol. The smallest absolute Gasteiger partial charge is 0.150 e. The first-order chi connectivity index (χ1) is 9.26. The monoisotopic (exact) mass is 275 g/mol. The van der Waals surface area contributed by atoms with Crippen LogP contribution in [-0.4, -0.2) is 26.5 Å². The van der Waals surface area contributed by atoms with Crippen LogP contribution in [0.5, 0.6) is 0 Å². The van der Waals surface area contributed by atoms with E-state index in [9.17, 15) is 0 Å². The van der Waals surface area contributed by atoms with Gasteiger partial charge in [0.25, 0.3) is 0 Å². The van der Waals surface area contributed by atoms with Gasteiger partial charge in [-0.05, 0) is 12.1 Å². The van der Waals surface area contributed by atoms with Gasteiger partial charge in [0.05, 0.1) is 11.4 Å². The van der Waals surface area contributed by atoms with Gasteiger partial charge in [-0.2, -0.15) is 5.10 Å². The quantitative estimate of drug-likeness (QED) is 0.867. The minimum Gasteiger partial charge on any atom is -0.384 e. The molecule has 0 aliphatic heterocycles. The minimum absolute atomic E-state index is 0.101. The summed E-state index contributed by atoms with van der Waals surface area (Å²) in [7, 11) is 0. The molecule has 0 aliphatic rings. The van der Waals surface area contributed by atoms with Crippen LogP contribution in [0.4, 0.5) is 0 Å². The fourth-order valence-corrected chi connectivity index (χ4v) is 2.63. The second-order valence-electron chi connectivity index (χ2n) is 4.03. The van der Waals surface area contributed by atoms with Gasteiger partial charge in [-0.1, -0.05) is 25.7 Å². The van der Waals surface area contributed by atoms with Crippen molar-refractivity contribution in [3.63, 3.8) is 0 Å². The van der Waals surface area contributed by atoms with Gasteiger partial charge in [0.2, 0.25) is 0 Å². The van der Waals surface area contributed by atoms with Crippen LogP contribution < -0.4 is 0 Å². The summed E-state index contributed by atoms with van der Waals surface area (Å²) >= 11 is 1.63. The van der Waals surface area contributed by atoms with Crippen molar-refractivity contribution in [2.75, 3.05) is 6.61 Å². The predicted molar refractivity (Wildman–Crippen MR) is 76.2 cm³/mol. The Balaban J connectivity index is 2.16. The van der Waals surface area contributed by atoms with Crippen molar-refractivity contribution in [2.45, 2.75) is 33.2 Å². The van der Waals surface area contributed by atoms with E-state index >= 15 is 0 Å². The molecule has 0 bridgehead atoms. The number of hydrogen-bond donors (Lipinski definition) is 1. The normalized spacial score (nSPS) is 10.3. The fraction of sp³-hybridized carbons (Fsp3) is 0.429. The number of hydrogen-bond acceptors (Lipinski definition) is 4. The van der Waals surface area contributed by atoms with Crippen LogP contribution in [0.25, 0.3) is 0 Å². The third-order valence-electron chi connectivity index (χ3n) is 2.68. The Hall–Kier alpha value is -1.64. The van der Waals surface area contributed by atoms with Crippen LogP contribution in [0.2, 0.25) is 0 Å². The van der Waals surface area contributed by atoms with Gasteiger partial charge in [-0.3, -0.25) is 0 Å². The lowest BCUT2D eigenvalue weighted by atomic mass is 10.4. The number of aliphatic hydroxyl groups excluding tert-OH is 1. The molecular formula is C14H17N3OS. The molecule has 0 saturated carbocycles. The lowest BCUT2D eigenvalue weighted by Crippen LogP contribution is -2.05. The van der Waals surface area contributed by atoms with E-state index in [1.54, 1.807) is 11.3 Å². The van der Waals surface area contributed by atoms with Crippen molar-refractivity contribution in [2.24, 2.45) is 0 Å². The molecule has 19 heavy (non-hydrogen) atoms. The Kier molecular flexibility index (Phi) is 4.72.